The SMILES string of the molecule is CCCCCCCCCCCCCCCCCCCCCCCCCCC/C=C/CCCC(O)C(O)C(CO)NC(=O)C(O)CCCCCCCCCCCCCCCCCCCCCCCCCCCCCCCC. The normalized spacial score (nSPS) is 13.5. The molecule has 0 spiro atoms. The van der Waals surface area contributed by atoms with Gasteiger partial charge in [-0.2, -0.15) is 0 Å². The molecule has 0 heterocycles. The number of hydrogen-bond donors (Lipinski definition) is 5. The summed E-state index contributed by atoms with van der Waals surface area (Å²) in [7, 11) is 0. The van der Waals surface area contributed by atoms with Gasteiger partial charge in [-0.25, -0.2) is 0 Å². The first-order chi connectivity index (χ1) is 37.5. The topological polar surface area (TPSA) is 110 Å². The van der Waals surface area contributed by atoms with Crippen molar-refractivity contribution in [3.63, 3.8) is 0 Å². The van der Waals surface area contributed by atoms with E-state index in [-0.39, 0.29) is 0 Å². The van der Waals surface area contributed by atoms with Crippen LogP contribution in [0.4, 0.5) is 0 Å². The molecule has 0 aromatic rings. The number of carbonyl (C=O) groups excluding carboxylic acids is 1. The number of hydrogen-bond acceptors (Lipinski definition) is 5. The molecule has 0 aliphatic heterocycles. The van der Waals surface area contributed by atoms with E-state index in [1.54, 1.807) is 0 Å². The second-order valence-electron chi connectivity index (χ2n) is 24.6. The molecule has 0 aromatic heterocycles. The highest BCUT2D eigenvalue weighted by Crippen LogP contribution is 2.20. The first-order valence-corrected chi connectivity index (χ1v) is 35.1. The zero-order chi connectivity index (χ0) is 55.1. The Morgan fingerprint density at radius 2 is 0.539 bits per heavy atom. The van der Waals surface area contributed by atoms with Crippen molar-refractivity contribution in [2.24, 2.45) is 0 Å². The van der Waals surface area contributed by atoms with E-state index in [9.17, 15) is 25.2 Å². The molecule has 6 nitrogen and oxygen atoms in total. The fourth-order valence-electron chi connectivity index (χ4n) is 11.5. The lowest BCUT2D eigenvalue weighted by molar-refractivity contribution is -0.132. The first-order valence-electron chi connectivity index (χ1n) is 35.1. The highest BCUT2D eigenvalue weighted by atomic mass is 16.3. The molecule has 4 unspecified atom stereocenters. The van der Waals surface area contributed by atoms with Gasteiger partial charge in [0.2, 0.25) is 5.91 Å². The van der Waals surface area contributed by atoms with Crippen molar-refractivity contribution in [1.82, 2.24) is 5.32 Å². The molecule has 1 amide bonds. The van der Waals surface area contributed by atoms with Crippen LogP contribution in [0.2, 0.25) is 0 Å². The van der Waals surface area contributed by atoms with Gasteiger partial charge in [-0.1, -0.05) is 373 Å². The Bertz CT molecular complexity index is 1120. The standard InChI is InChI=1S/C70H139NO5/c1-3-5-7-9-11-13-15-17-19-21-23-25-27-29-31-33-35-37-39-41-43-45-47-49-51-53-55-57-59-61-63-67(73)69(75)66(65-72)71-70(76)68(74)64-62-60-58-56-54-52-50-48-46-44-42-40-38-36-34-32-30-28-26-24-22-20-18-16-14-12-10-8-6-4-2/h55,57,66-69,72-75H,3-54,56,58-65H2,1-2H3,(H,71,76)/b57-55+. The molecule has 0 saturated carbocycles. The molecule has 76 heavy (non-hydrogen) atoms. The van der Waals surface area contributed by atoms with Gasteiger partial charge < -0.3 is 25.7 Å². The number of amides is 1. The Kier molecular flexibility index (Phi) is 64.1. The van der Waals surface area contributed by atoms with Crippen LogP contribution in [0.3, 0.4) is 0 Å². The first kappa shape index (κ1) is 75.0. The van der Waals surface area contributed by atoms with Crippen molar-refractivity contribution in [2.45, 2.75) is 423 Å². The molecule has 0 rings (SSSR count). The lowest BCUT2D eigenvalue weighted by atomic mass is 10.00. The molecule has 0 fully saturated rings. The van der Waals surface area contributed by atoms with E-state index in [2.05, 4.69) is 31.3 Å². The van der Waals surface area contributed by atoms with Crippen molar-refractivity contribution >= 4 is 5.91 Å². The summed E-state index contributed by atoms with van der Waals surface area (Å²) in [5.74, 6) is -0.584. The lowest BCUT2D eigenvalue weighted by Gasteiger charge is -2.27. The largest absolute Gasteiger partial charge is 0.394 e. The fourth-order valence-corrected chi connectivity index (χ4v) is 11.5. The molecule has 5 N–H and O–H groups in total. The highest BCUT2D eigenvalue weighted by Gasteiger charge is 2.28. The number of allylic oxidation sites excluding steroid dienone is 2. The summed E-state index contributed by atoms with van der Waals surface area (Å²) < 4.78 is 0. The molecule has 6 heteroatoms. The summed E-state index contributed by atoms with van der Waals surface area (Å²) in [5.41, 5.74) is 0. The van der Waals surface area contributed by atoms with Gasteiger partial charge in [-0.3, -0.25) is 4.79 Å². The number of carbonyl (C=O) groups is 1. The monoisotopic (exact) mass is 1070 g/mol. The van der Waals surface area contributed by atoms with Gasteiger partial charge in [0.25, 0.3) is 0 Å². The van der Waals surface area contributed by atoms with Crippen LogP contribution in [0.15, 0.2) is 12.2 Å². The van der Waals surface area contributed by atoms with Gasteiger partial charge in [0.15, 0.2) is 0 Å². The van der Waals surface area contributed by atoms with E-state index in [1.807, 2.05) is 0 Å². The van der Waals surface area contributed by atoms with Gasteiger partial charge in [-0.15, -0.1) is 0 Å². The van der Waals surface area contributed by atoms with E-state index < -0.39 is 36.9 Å². The Morgan fingerprint density at radius 3 is 0.789 bits per heavy atom. The van der Waals surface area contributed by atoms with Crippen LogP contribution >= 0.6 is 0 Å². The number of aliphatic hydroxyl groups excluding tert-OH is 4. The quantitative estimate of drug-likeness (QED) is 0.0308. The third-order valence-electron chi connectivity index (χ3n) is 17.0. The highest BCUT2D eigenvalue weighted by molar-refractivity contribution is 5.80. The van der Waals surface area contributed by atoms with Gasteiger partial charge >= 0.3 is 0 Å². The van der Waals surface area contributed by atoms with E-state index in [4.69, 9.17) is 0 Å². The van der Waals surface area contributed by atoms with E-state index in [0.717, 1.165) is 38.5 Å². The smallest absolute Gasteiger partial charge is 0.249 e. The summed E-state index contributed by atoms with van der Waals surface area (Å²) in [5, 5.41) is 44.2. The number of unbranched alkanes of at least 4 members (excludes halogenated alkanes) is 55. The Morgan fingerprint density at radius 1 is 0.316 bits per heavy atom. The molecule has 0 aliphatic rings. The van der Waals surface area contributed by atoms with Crippen LogP contribution in [0.1, 0.15) is 399 Å². The maximum atomic E-state index is 12.7. The van der Waals surface area contributed by atoms with Crippen LogP contribution in [-0.2, 0) is 4.79 Å². The number of aliphatic hydroxyl groups is 4. The molecule has 0 bridgehead atoms. The molecule has 0 aromatic carbocycles. The molecule has 4 atom stereocenters. The maximum Gasteiger partial charge on any atom is 0.249 e. The summed E-state index contributed by atoms with van der Waals surface area (Å²) >= 11 is 0. The van der Waals surface area contributed by atoms with Gasteiger partial charge in [0.05, 0.1) is 18.8 Å². The van der Waals surface area contributed by atoms with Gasteiger partial charge in [0, 0.05) is 0 Å². The fraction of sp³-hybridized carbons (Fsp3) is 0.957. The predicted molar refractivity (Wildman–Crippen MR) is 335 cm³/mol. The molecule has 0 aliphatic carbocycles. The van der Waals surface area contributed by atoms with Crippen molar-refractivity contribution in [1.29, 1.82) is 0 Å². The third kappa shape index (κ3) is 57.7. The van der Waals surface area contributed by atoms with Crippen molar-refractivity contribution in [2.75, 3.05) is 6.61 Å². The summed E-state index contributed by atoms with van der Waals surface area (Å²) in [4.78, 5) is 12.7. The zero-order valence-corrected chi connectivity index (χ0v) is 51.8. The molecular formula is C70H139NO5. The maximum absolute atomic E-state index is 12.7. The molecular weight excluding hydrogens is 935 g/mol. The Balaban J connectivity index is 3.54. The van der Waals surface area contributed by atoms with E-state index in [1.165, 1.54) is 334 Å². The molecule has 454 valence electrons. The summed E-state index contributed by atoms with van der Waals surface area (Å²) in [6.45, 7) is 4.11. The second kappa shape index (κ2) is 64.9. The van der Waals surface area contributed by atoms with Crippen LogP contribution < -0.4 is 5.32 Å². The van der Waals surface area contributed by atoms with E-state index >= 15 is 0 Å². The van der Waals surface area contributed by atoms with Gasteiger partial charge in [0.1, 0.15) is 12.2 Å². The van der Waals surface area contributed by atoms with Crippen molar-refractivity contribution < 1.29 is 25.2 Å². The summed E-state index contributed by atoms with van der Waals surface area (Å²) in [6, 6.07) is -1.00. The van der Waals surface area contributed by atoms with Crippen LogP contribution in [0, 0.1) is 0 Å². The predicted octanol–water partition coefficient (Wildman–Crippen LogP) is 21.5. The number of rotatable bonds is 66. The van der Waals surface area contributed by atoms with Gasteiger partial charge in [-0.05, 0) is 38.5 Å². The minimum absolute atomic E-state index is 0.369. The summed E-state index contributed by atoms with van der Waals surface area (Å²) in [6.07, 6.45) is 80.6. The van der Waals surface area contributed by atoms with Crippen LogP contribution in [0.5, 0.6) is 0 Å². The number of nitrogens with one attached hydrogen (secondary N) is 1. The minimum Gasteiger partial charge on any atom is -0.394 e. The Labute approximate surface area is 476 Å². The van der Waals surface area contributed by atoms with Crippen molar-refractivity contribution in [3.8, 4) is 0 Å². The van der Waals surface area contributed by atoms with Crippen LogP contribution in [0.25, 0.3) is 0 Å². The lowest BCUT2D eigenvalue weighted by Crippen LogP contribution is -2.53. The third-order valence-corrected chi connectivity index (χ3v) is 17.0. The zero-order valence-electron chi connectivity index (χ0n) is 51.8. The average Bonchev–Trinajstić information content (AvgIpc) is 3.42. The average molecular weight is 1070 g/mol. The van der Waals surface area contributed by atoms with Crippen LogP contribution in [-0.4, -0.2) is 57.3 Å². The molecule has 0 radical (unpaired) electrons. The Hall–Kier alpha value is -0.950. The van der Waals surface area contributed by atoms with E-state index in [0.29, 0.717) is 12.8 Å². The minimum atomic E-state index is -1.28. The second-order valence-corrected chi connectivity index (χ2v) is 24.6. The van der Waals surface area contributed by atoms with Crippen molar-refractivity contribution in [3.05, 3.63) is 12.2 Å². The molecule has 0 saturated heterocycles.